The summed E-state index contributed by atoms with van der Waals surface area (Å²) in [5.74, 6) is -0.267. The number of halogens is 1. The Kier molecular flexibility index (Phi) is 4.47. The zero-order valence-corrected chi connectivity index (χ0v) is 14.3. The molecule has 0 aliphatic carbocycles. The van der Waals surface area contributed by atoms with Crippen molar-refractivity contribution >= 4 is 17.6 Å². The molecule has 2 N–H and O–H groups in total. The van der Waals surface area contributed by atoms with Crippen LogP contribution in [0.25, 0.3) is 0 Å². The van der Waals surface area contributed by atoms with Gasteiger partial charge in [0.05, 0.1) is 18.1 Å². The second-order valence-corrected chi connectivity index (χ2v) is 5.75. The van der Waals surface area contributed by atoms with Crippen molar-refractivity contribution in [2.75, 3.05) is 13.4 Å². The number of fused-ring (bicyclic) bond motifs is 1. The molecule has 0 saturated carbocycles. The van der Waals surface area contributed by atoms with Gasteiger partial charge >= 0.3 is 5.97 Å². The number of nitrogens with zero attached hydrogens (tertiary/aromatic N) is 1. The lowest BCUT2D eigenvalue weighted by Gasteiger charge is -2.27. The monoisotopic (exact) mass is 362 g/mol. The molecule has 25 heavy (non-hydrogen) atoms. The first-order valence-electron chi connectivity index (χ1n) is 7.52. The van der Waals surface area contributed by atoms with E-state index in [0.717, 1.165) is 0 Å². The number of ether oxygens (including phenoxy) is 4. The van der Waals surface area contributed by atoms with Crippen molar-refractivity contribution in [1.82, 2.24) is 0 Å². The van der Waals surface area contributed by atoms with E-state index in [0.29, 0.717) is 22.1 Å². The molecule has 0 bridgehead atoms. The van der Waals surface area contributed by atoms with Crippen LogP contribution in [0.2, 0.25) is 5.02 Å². The smallest absolute Gasteiger partial charge is 0.338 e. The highest BCUT2D eigenvalue weighted by atomic mass is 35.5. The molecule has 0 aromatic heterocycles. The Hall–Kier alpha value is -2.85. The van der Waals surface area contributed by atoms with Crippen LogP contribution in [0.5, 0.6) is 11.5 Å². The topological polar surface area (TPSA) is 104 Å². The molecule has 3 rings (SSSR count). The molecule has 2 heterocycles. The number of hydrogen-bond donors (Lipinski definition) is 1. The maximum absolute atomic E-state index is 12.5. The van der Waals surface area contributed by atoms with Gasteiger partial charge in [-0.2, -0.15) is 5.26 Å². The van der Waals surface area contributed by atoms with Gasteiger partial charge in [-0.3, -0.25) is 0 Å². The zero-order chi connectivity index (χ0) is 18.1. The maximum Gasteiger partial charge on any atom is 0.338 e. The van der Waals surface area contributed by atoms with Gasteiger partial charge in [-0.25, -0.2) is 4.79 Å². The molecule has 2 aliphatic heterocycles. The minimum absolute atomic E-state index is 0.0750. The minimum atomic E-state index is -0.820. The van der Waals surface area contributed by atoms with Crippen LogP contribution in [-0.4, -0.2) is 19.4 Å². The summed E-state index contributed by atoms with van der Waals surface area (Å²) in [5, 5.41) is 9.86. The minimum Gasteiger partial charge on any atom is -0.463 e. The number of rotatable bonds is 3. The van der Waals surface area contributed by atoms with Crippen LogP contribution in [0.3, 0.4) is 0 Å². The number of hydrogen-bond acceptors (Lipinski definition) is 7. The lowest BCUT2D eigenvalue weighted by molar-refractivity contribution is -0.139. The lowest BCUT2D eigenvalue weighted by atomic mass is 9.83. The molecule has 1 aromatic rings. The van der Waals surface area contributed by atoms with Gasteiger partial charge in [0, 0.05) is 11.1 Å². The van der Waals surface area contributed by atoms with E-state index >= 15 is 0 Å². The number of carbonyl (C=O) groups is 1. The Morgan fingerprint density at radius 2 is 2.12 bits per heavy atom. The molecule has 0 unspecified atom stereocenters. The fraction of sp³-hybridized carbons (Fsp3) is 0.294. The first-order valence-corrected chi connectivity index (χ1v) is 7.90. The van der Waals surface area contributed by atoms with E-state index < -0.39 is 11.9 Å². The second kappa shape index (κ2) is 6.57. The predicted octanol–water partition coefficient (Wildman–Crippen LogP) is 2.71. The summed E-state index contributed by atoms with van der Waals surface area (Å²) in [6.07, 6.45) is 0. The Labute approximate surface area is 149 Å². The summed E-state index contributed by atoms with van der Waals surface area (Å²) >= 11 is 6.38. The van der Waals surface area contributed by atoms with Gasteiger partial charge < -0.3 is 24.7 Å². The molecule has 0 radical (unpaired) electrons. The highest BCUT2D eigenvalue weighted by Gasteiger charge is 2.38. The Morgan fingerprint density at radius 3 is 2.76 bits per heavy atom. The fourth-order valence-corrected chi connectivity index (χ4v) is 3.08. The molecule has 1 atom stereocenters. The molecule has 130 valence electrons. The number of nitriles is 1. The van der Waals surface area contributed by atoms with Crippen molar-refractivity contribution in [2.24, 2.45) is 5.73 Å². The summed E-state index contributed by atoms with van der Waals surface area (Å²) in [5.41, 5.74) is 6.59. The van der Waals surface area contributed by atoms with E-state index in [-0.39, 0.29) is 36.2 Å². The van der Waals surface area contributed by atoms with Crippen molar-refractivity contribution < 1.29 is 23.7 Å². The molecule has 0 fully saturated rings. The van der Waals surface area contributed by atoms with E-state index in [4.69, 9.17) is 36.3 Å². The van der Waals surface area contributed by atoms with Crippen LogP contribution >= 0.6 is 11.6 Å². The van der Waals surface area contributed by atoms with Gasteiger partial charge in [-0.1, -0.05) is 11.6 Å². The van der Waals surface area contributed by atoms with Gasteiger partial charge in [0.15, 0.2) is 11.5 Å². The van der Waals surface area contributed by atoms with Gasteiger partial charge in [0.25, 0.3) is 0 Å². The molecule has 0 spiro atoms. The number of esters is 1. The summed E-state index contributed by atoms with van der Waals surface area (Å²) in [6.45, 7) is 3.53. The second-order valence-electron chi connectivity index (χ2n) is 5.34. The van der Waals surface area contributed by atoms with Gasteiger partial charge in [-0.15, -0.1) is 0 Å². The fourth-order valence-electron chi connectivity index (χ4n) is 2.82. The number of benzene rings is 1. The summed E-state index contributed by atoms with van der Waals surface area (Å²) in [7, 11) is 0. The number of carbonyl (C=O) groups excluding carboxylic acids is 1. The van der Waals surface area contributed by atoms with E-state index in [2.05, 4.69) is 0 Å². The third-order valence-electron chi connectivity index (χ3n) is 3.90. The van der Waals surface area contributed by atoms with E-state index in [1.807, 2.05) is 6.07 Å². The van der Waals surface area contributed by atoms with Crippen molar-refractivity contribution in [1.29, 1.82) is 5.26 Å². The van der Waals surface area contributed by atoms with E-state index in [9.17, 15) is 10.1 Å². The first kappa shape index (κ1) is 17.0. The zero-order valence-electron chi connectivity index (χ0n) is 13.6. The number of nitrogens with two attached hydrogens (primary N) is 1. The van der Waals surface area contributed by atoms with E-state index in [1.54, 1.807) is 26.0 Å². The lowest BCUT2D eigenvalue weighted by Crippen LogP contribution is -2.25. The van der Waals surface area contributed by atoms with Crippen LogP contribution in [0.4, 0.5) is 0 Å². The quantitative estimate of drug-likeness (QED) is 0.824. The first-order chi connectivity index (χ1) is 12.0. The summed E-state index contributed by atoms with van der Waals surface area (Å²) in [6, 6.07) is 5.22. The summed E-state index contributed by atoms with van der Waals surface area (Å²) < 4.78 is 21.2. The average Bonchev–Trinajstić information content (AvgIpc) is 3.00. The third-order valence-corrected chi connectivity index (χ3v) is 4.23. The highest BCUT2D eigenvalue weighted by Crippen LogP contribution is 2.46. The molecule has 1 aromatic carbocycles. The SMILES string of the molecule is CCOC(=O)C1=C(C)OC(N)=C(C#N)[C@@H]1c1cc2c(cc1Cl)OCO2. The summed E-state index contributed by atoms with van der Waals surface area (Å²) in [4.78, 5) is 12.5. The maximum atomic E-state index is 12.5. The van der Waals surface area contributed by atoms with Crippen molar-refractivity contribution in [3.63, 3.8) is 0 Å². The van der Waals surface area contributed by atoms with Gasteiger partial charge in [-0.05, 0) is 25.5 Å². The molecule has 8 heteroatoms. The molecule has 7 nitrogen and oxygen atoms in total. The van der Waals surface area contributed by atoms with Crippen LogP contribution in [0.1, 0.15) is 25.3 Å². The standard InChI is InChI=1S/C17H15ClN2O5/c1-3-22-17(21)14-8(2)25-16(20)10(6-19)15(14)9-4-12-13(5-11(9)18)24-7-23-12/h4-5,15H,3,7,20H2,1-2H3/t15-/m0/s1. The van der Waals surface area contributed by atoms with Crippen LogP contribution in [0.15, 0.2) is 34.9 Å². The average molecular weight is 363 g/mol. The van der Waals surface area contributed by atoms with Crippen LogP contribution in [-0.2, 0) is 14.3 Å². The van der Waals surface area contributed by atoms with Crippen molar-refractivity contribution in [2.45, 2.75) is 19.8 Å². The number of allylic oxidation sites excluding steroid dienone is 2. The molecular formula is C17H15ClN2O5. The molecular weight excluding hydrogens is 348 g/mol. The Morgan fingerprint density at radius 1 is 1.44 bits per heavy atom. The predicted molar refractivity (Wildman–Crippen MR) is 87.6 cm³/mol. The normalized spacial score (nSPS) is 18.7. The Balaban J connectivity index is 2.19. The van der Waals surface area contributed by atoms with E-state index in [1.165, 1.54) is 0 Å². The largest absolute Gasteiger partial charge is 0.463 e. The molecule has 0 amide bonds. The van der Waals surface area contributed by atoms with Crippen molar-refractivity contribution in [3.8, 4) is 17.6 Å². The van der Waals surface area contributed by atoms with Gasteiger partial charge in [0.1, 0.15) is 17.4 Å². The van der Waals surface area contributed by atoms with Crippen LogP contribution in [0, 0.1) is 11.3 Å². The molecule has 2 aliphatic rings. The van der Waals surface area contributed by atoms with Crippen LogP contribution < -0.4 is 15.2 Å². The highest BCUT2D eigenvalue weighted by molar-refractivity contribution is 6.31. The van der Waals surface area contributed by atoms with Crippen molar-refractivity contribution in [3.05, 3.63) is 45.5 Å². The Bertz CT molecular complexity index is 853. The molecule has 0 saturated heterocycles. The van der Waals surface area contributed by atoms with Gasteiger partial charge in [0.2, 0.25) is 12.7 Å². The third kappa shape index (κ3) is 2.85.